The molecule has 0 aliphatic rings. The van der Waals surface area contributed by atoms with Crippen LogP contribution >= 0.6 is 0 Å². The molecule has 3 heteroatoms. The average molecular weight is 217 g/mol. The minimum Gasteiger partial charge on any atom is -0.331 e. The monoisotopic (exact) mass is 217 g/mol. The Bertz CT molecular complexity index is 497. The lowest BCUT2D eigenvalue weighted by Gasteiger charge is -2.04. The first-order valence-electron chi connectivity index (χ1n) is 5.75. The Labute approximate surface area is 96.3 Å². The predicted molar refractivity (Wildman–Crippen MR) is 67.4 cm³/mol. The second-order valence-corrected chi connectivity index (χ2v) is 4.60. The van der Waals surface area contributed by atoms with Crippen LogP contribution in [0, 0.1) is 6.92 Å². The van der Waals surface area contributed by atoms with Crippen LogP contribution in [0.25, 0.3) is 11.0 Å². The number of aromatic nitrogens is 2. The van der Waals surface area contributed by atoms with Gasteiger partial charge in [-0.3, -0.25) is 0 Å². The molecule has 0 aliphatic carbocycles. The van der Waals surface area contributed by atoms with Crippen molar-refractivity contribution in [1.82, 2.24) is 9.55 Å². The first-order chi connectivity index (χ1) is 7.58. The van der Waals surface area contributed by atoms with Gasteiger partial charge in [-0.15, -0.1) is 0 Å². The topological polar surface area (TPSA) is 43.8 Å². The molecule has 0 amide bonds. The number of nitrogens with zero attached hydrogens (tertiary/aromatic N) is 2. The third-order valence-corrected chi connectivity index (χ3v) is 2.95. The van der Waals surface area contributed by atoms with Gasteiger partial charge in [0, 0.05) is 19.5 Å². The van der Waals surface area contributed by atoms with Crippen LogP contribution in [0.5, 0.6) is 0 Å². The van der Waals surface area contributed by atoms with Crippen molar-refractivity contribution < 1.29 is 0 Å². The molecule has 3 nitrogen and oxygen atoms in total. The second-order valence-electron chi connectivity index (χ2n) is 4.60. The summed E-state index contributed by atoms with van der Waals surface area (Å²) in [5.41, 5.74) is 9.31. The van der Waals surface area contributed by atoms with E-state index in [9.17, 15) is 0 Å². The quantitative estimate of drug-likeness (QED) is 0.856. The van der Waals surface area contributed by atoms with Crippen LogP contribution in [0.3, 0.4) is 0 Å². The van der Waals surface area contributed by atoms with Crippen LogP contribution in [0.4, 0.5) is 0 Å². The van der Waals surface area contributed by atoms with Gasteiger partial charge in [0.2, 0.25) is 0 Å². The number of imidazole rings is 1. The molecule has 0 spiro atoms. The zero-order valence-corrected chi connectivity index (χ0v) is 10.2. The fraction of sp³-hybridized carbons (Fsp3) is 0.462. The zero-order valence-electron chi connectivity index (χ0n) is 10.2. The van der Waals surface area contributed by atoms with Crippen molar-refractivity contribution in [3.8, 4) is 0 Å². The number of rotatable bonds is 3. The van der Waals surface area contributed by atoms with E-state index in [1.165, 1.54) is 11.1 Å². The molecule has 0 saturated heterocycles. The highest BCUT2D eigenvalue weighted by molar-refractivity contribution is 5.76. The number of hydrogen-bond donors (Lipinski definition) is 1. The highest BCUT2D eigenvalue weighted by atomic mass is 15.1. The molecule has 0 fully saturated rings. The lowest BCUT2D eigenvalue weighted by atomic mass is 10.2. The van der Waals surface area contributed by atoms with Crippen molar-refractivity contribution in [2.24, 2.45) is 12.8 Å². The van der Waals surface area contributed by atoms with Gasteiger partial charge in [-0.05, 0) is 38.0 Å². The first-order valence-corrected chi connectivity index (χ1v) is 5.75. The predicted octanol–water partition coefficient (Wildman–Crippen LogP) is 2.16. The number of nitrogens with two attached hydrogens (primary N) is 1. The molecular formula is C13H19N3. The maximum atomic E-state index is 5.77. The Morgan fingerprint density at radius 3 is 2.88 bits per heavy atom. The Morgan fingerprint density at radius 1 is 1.44 bits per heavy atom. The summed E-state index contributed by atoms with van der Waals surface area (Å²) in [5, 5.41) is 0. The minimum atomic E-state index is 0.238. The molecule has 1 heterocycles. The number of aryl methyl sites for hydroxylation is 3. The zero-order chi connectivity index (χ0) is 11.7. The molecule has 0 bridgehead atoms. The third-order valence-electron chi connectivity index (χ3n) is 2.95. The first kappa shape index (κ1) is 11.1. The lowest BCUT2D eigenvalue weighted by Crippen LogP contribution is -2.16. The van der Waals surface area contributed by atoms with E-state index in [2.05, 4.69) is 41.7 Å². The third kappa shape index (κ3) is 2.09. The van der Waals surface area contributed by atoms with E-state index in [1.807, 2.05) is 6.92 Å². The van der Waals surface area contributed by atoms with E-state index in [0.717, 1.165) is 24.2 Å². The van der Waals surface area contributed by atoms with Gasteiger partial charge in [-0.2, -0.15) is 0 Å². The summed E-state index contributed by atoms with van der Waals surface area (Å²) in [6.45, 7) is 4.13. The van der Waals surface area contributed by atoms with Crippen molar-refractivity contribution in [1.29, 1.82) is 0 Å². The molecule has 0 saturated carbocycles. The molecule has 1 aromatic carbocycles. The van der Waals surface area contributed by atoms with Gasteiger partial charge in [-0.1, -0.05) is 6.07 Å². The van der Waals surface area contributed by atoms with Crippen molar-refractivity contribution in [2.75, 3.05) is 0 Å². The van der Waals surface area contributed by atoms with Crippen molar-refractivity contribution >= 4 is 11.0 Å². The smallest absolute Gasteiger partial charge is 0.109 e. The normalized spacial score (nSPS) is 13.2. The summed E-state index contributed by atoms with van der Waals surface area (Å²) in [5.74, 6) is 1.12. The Morgan fingerprint density at radius 2 is 2.19 bits per heavy atom. The van der Waals surface area contributed by atoms with Crippen molar-refractivity contribution in [2.45, 2.75) is 32.7 Å². The summed E-state index contributed by atoms with van der Waals surface area (Å²) in [6.07, 6.45) is 1.93. The Kier molecular flexibility index (Phi) is 2.97. The molecule has 2 rings (SSSR count). The Hall–Kier alpha value is -1.35. The molecule has 16 heavy (non-hydrogen) atoms. The summed E-state index contributed by atoms with van der Waals surface area (Å²) in [7, 11) is 2.07. The van der Waals surface area contributed by atoms with Gasteiger partial charge in [0.25, 0.3) is 0 Å². The highest BCUT2D eigenvalue weighted by Crippen LogP contribution is 2.17. The summed E-state index contributed by atoms with van der Waals surface area (Å²) in [4.78, 5) is 4.65. The average Bonchev–Trinajstić information content (AvgIpc) is 2.52. The summed E-state index contributed by atoms with van der Waals surface area (Å²) >= 11 is 0. The summed E-state index contributed by atoms with van der Waals surface area (Å²) < 4.78 is 2.16. The van der Waals surface area contributed by atoms with E-state index < -0.39 is 0 Å². The van der Waals surface area contributed by atoms with Crippen LogP contribution in [0.1, 0.15) is 24.7 Å². The molecule has 1 atom stereocenters. The minimum absolute atomic E-state index is 0.238. The number of hydrogen-bond acceptors (Lipinski definition) is 2. The van der Waals surface area contributed by atoms with E-state index in [1.54, 1.807) is 0 Å². The largest absolute Gasteiger partial charge is 0.331 e. The molecule has 1 aromatic heterocycles. The molecule has 86 valence electrons. The van der Waals surface area contributed by atoms with Gasteiger partial charge >= 0.3 is 0 Å². The molecular weight excluding hydrogens is 198 g/mol. The maximum Gasteiger partial charge on any atom is 0.109 e. The highest BCUT2D eigenvalue weighted by Gasteiger charge is 2.08. The van der Waals surface area contributed by atoms with Gasteiger partial charge in [0.05, 0.1) is 11.0 Å². The van der Waals surface area contributed by atoms with Crippen LogP contribution in [0.15, 0.2) is 18.2 Å². The van der Waals surface area contributed by atoms with Crippen LogP contribution in [-0.2, 0) is 13.5 Å². The van der Waals surface area contributed by atoms with Crippen molar-refractivity contribution in [3.63, 3.8) is 0 Å². The van der Waals surface area contributed by atoms with Crippen molar-refractivity contribution in [3.05, 3.63) is 29.6 Å². The van der Waals surface area contributed by atoms with Gasteiger partial charge < -0.3 is 10.3 Å². The van der Waals surface area contributed by atoms with Gasteiger partial charge in [0.1, 0.15) is 5.82 Å². The maximum absolute atomic E-state index is 5.77. The van der Waals surface area contributed by atoms with E-state index in [4.69, 9.17) is 5.73 Å². The fourth-order valence-corrected chi connectivity index (χ4v) is 1.94. The molecule has 0 aliphatic heterocycles. The number of fused-ring (bicyclic) bond motifs is 1. The summed E-state index contributed by atoms with van der Waals surface area (Å²) in [6, 6.07) is 6.62. The van der Waals surface area contributed by atoms with Gasteiger partial charge in [-0.25, -0.2) is 4.98 Å². The van der Waals surface area contributed by atoms with Crippen LogP contribution in [-0.4, -0.2) is 15.6 Å². The number of benzene rings is 1. The Balaban J connectivity index is 2.36. The molecule has 1 unspecified atom stereocenters. The molecule has 2 aromatic rings. The van der Waals surface area contributed by atoms with Gasteiger partial charge in [0.15, 0.2) is 0 Å². The fourth-order valence-electron chi connectivity index (χ4n) is 1.94. The second kappa shape index (κ2) is 4.26. The van der Waals surface area contributed by atoms with Crippen LogP contribution in [0.2, 0.25) is 0 Å². The molecule has 2 N–H and O–H groups in total. The van der Waals surface area contributed by atoms with E-state index in [0.29, 0.717) is 0 Å². The SMILES string of the molecule is Cc1ccc2c(c1)nc(CCC(C)N)n2C. The lowest BCUT2D eigenvalue weighted by molar-refractivity contribution is 0.636. The standard InChI is InChI=1S/C13H19N3/c1-9-4-6-12-11(8-9)15-13(16(12)3)7-5-10(2)14/h4,6,8,10H,5,7,14H2,1-3H3. The van der Waals surface area contributed by atoms with E-state index in [-0.39, 0.29) is 6.04 Å². The van der Waals surface area contributed by atoms with E-state index >= 15 is 0 Å². The molecule has 0 radical (unpaired) electrons. The van der Waals surface area contributed by atoms with Crippen LogP contribution < -0.4 is 5.73 Å².